The first-order chi connectivity index (χ1) is 9.85. The zero-order valence-electron chi connectivity index (χ0n) is 14.7. The molecule has 6 nitrogen and oxygen atoms in total. The summed E-state index contributed by atoms with van der Waals surface area (Å²) in [6.07, 6.45) is -0.780. The lowest BCUT2D eigenvalue weighted by Gasteiger charge is -2.31. The molecule has 0 aromatic rings. The standard InChI is InChI=1S/C16H29NO5/c1-8-10-11(18)9-17(14(20)22-16(5,6)7)12(10)13(19)21-15(2,3)4/h10-12,18H,8-9H2,1-7H3/t10-,11-,12+/m1/s1. The van der Waals surface area contributed by atoms with Crippen LogP contribution in [0.2, 0.25) is 0 Å². The number of hydrogen-bond donors (Lipinski definition) is 1. The second-order valence-electron chi connectivity index (χ2n) is 7.75. The Hall–Kier alpha value is -1.30. The van der Waals surface area contributed by atoms with E-state index < -0.39 is 35.4 Å². The number of rotatable bonds is 2. The quantitative estimate of drug-likeness (QED) is 0.792. The molecular weight excluding hydrogens is 286 g/mol. The summed E-state index contributed by atoms with van der Waals surface area (Å²) >= 11 is 0. The van der Waals surface area contributed by atoms with E-state index in [-0.39, 0.29) is 12.5 Å². The topological polar surface area (TPSA) is 76.1 Å². The van der Waals surface area contributed by atoms with Gasteiger partial charge in [0.2, 0.25) is 0 Å². The molecule has 0 aromatic heterocycles. The van der Waals surface area contributed by atoms with Crippen molar-refractivity contribution in [3.63, 3.8) is 0 Å². The molecule has 0 bridgehead atoms. The Balaban J connectivity index is 2.99. The third-order valence-corrected chi connectivity index (χ3v) is 3.37. The predicted octanol–water partition coefficient (Wildman–Crippen LogP) is 2.33. The molecule has 0 spiro atoms. The van der Waals surface area contributed by atoms with Crippen molar-refractivity contribution in [2.45, 2.75) is 78.2 Å². The summed E-state index contributed by atoms with van der Waals surface area (Å²) in [5, 5.41) is 10.2. The molecule has 1 aliphatic heterocycles. The molecule has 0 saturated carbocycles. The molecule has 1 aliphatic rings. The lowest BCUT2D eigenvalue weighted by atomic mass is 9.95. The van der Waals surface area contributed by atoms with Gasteiger partial charge in [0.1, 0.15) is 17.2 Å². The Bertz CT molecular complexity index is 421. The molecule has 1 N–H and O–H groups in total. The van der Waals surface area contributed by atoms with E-state index in [9.17, 15) is 14.7 Å². The number of esters is 1. The number of carbonyl (C=O) groups is 2. The normalized spacial score (nSPS) is 26.0. The molecular formula is C16H29NO5. The van der Waals surface area contributed by atoms with Gasteiger partial charge in [-0.1, -0.05) is 6.92 Å². The number of aliphatic hydroxyl groups excluding tert-OH is 1. The van der Waals surface area contributed by atoms with Crippen molar-refractivity contribution in [1.82, 2.24) is 4.90 Å². The van der Waals surface area contributed by atoms with Gasteiger partial charge in [0, 0.05) is 5.92 Å². The monoisotopic (exact) mass is 315 g/mol. The lowest BCUT2D eigenvalue weighted by molar-refractivity contribution is -0.161. The molecule has 1 fully saturated rings. The Labute approximate surface area is 132 Å². The highest BCUT2D eigenvalue weighted by atomic mass is 16.6. The van der Waals surface area contributed by atoms with E-state index in [4.69, 9.17) is 9.47 Å². The van der Waals surface area contributed by atoms with E-state index in [0.717, 1.165) is 0 Å². The number of amides is 1. The van der Waals surface area contributed by atoms with E-state index >= 15 is 0 Å². The number of ether oxygens (including phenoxy) is 2. The van der Waals surface area contributed by atoms with Gasteiger partial charge in [-0.3, -0.25) is 4.90 Å². The first-order valence-electron chi connectivity index (χ1n) is 7.76. The highest BCUT2D eigenvalue weighted by Crippen LogP contribution is 2.31. The smallest absolute Gasteiger partial charge is 0.411 e. The minimum Gasteiger partial charge on any atom is -0.458 e. The van der Waals surface area contributed by atoms with E-state index in [2.05, 4.69) is 0 Å². The van der Waals surface area contributed by atoms with Gasteiger partial charge in [0.15, 0.2) is 0 Å². The van der Waals surface area contributed by atoms with Crippen molar-refractivity contribution in [1.29, 1.82) is 0 Å². The van der Waals surface area contributed by atoms with Crippen LogP contribution in [0.4, 0.5) is 4.79 Å². The SMILES string of the molecule is CC[C@@H]1[C@H](O)CN(C(=O)OC(C)(C)C)[C@@H]1C(=O)OC(C)(C)C. The number of nitrogens with zero attached hydrogens (tertiary/aromatic N) is 1. The van der Waals surface area contributed by atoms with Gasteiger partial charge in [0.05, 0.1) is 12.6 Å². The molecule has 22 heavy (non-hydrogen) atoms. The molecule has 128 valence electrons. The van der Waals surface area contributed by atoms with Crippen LogP contribution in [-0.2, 0) is 14.3 Å². The zero-order chi connectivity index (χ0) is 17.3. The van der Waals surface area contributed by atoms with E-state index in [1.165, 1.54) is 4.90 Å². The molecule has 0 aromatic carbocycles. The van der Waals surface area contributed by atoms with Gasteiger partial charge in [-0.15, -0.1) is 0 Å². The van der Waals surface area contributed by atoms with Gasteiger partial charge < -0.3 is 14.6 Å². The van der Waals surface area contributed by atoms with Crippen LogP contribution in [0.25, 0.3) is 0 Å². The third kappa shape index (κ3) is 4.87. The van der Waals surface area contributed by atoms with Crippen LogP contribution in [0.15, 0.2) is 0 Å². The van der Waals surface area contributed by atoms with Crippen LogP contribution in [0, 0.1) is 5.92 Å². The van der Waals surface area contributed by atoms with E-state index in [0.29, 0.717) is 6.42 Å². The number of aliphatic hydroxyl groups is 1. The number of hydrogen-bond acceptors (Lipinski definition) is 5. The average molecular weight is 315 g/mol. The second kappa shape index (κ2) is 6.44. The van der Waals surface area contributed by atoms with Gasteiger partial charge >= 0.3 is 12.1 Å². The predicted molar refractivity (Wildman–Crippen MR) is 82.4 cm³/mol. The maximum atomic E-state index is 12.5. The molecule has 1 saturated heterocycles. The highest BCUT2D eigenvalue weighted by Gasteiger charge is 2.49. The van der Waals surface area contributed by atoms with Gasteiger partial charge in [-0.25, -0.2) is 9.59 Å². The van der Waals surface area contributed by atoms with Crippen LogP contribution < -0.4 is 0 Å². The number of β-amino-alcohol motifs (C(OH)–C–C–N with tert-alkyl or cyclic N) is 1. The number of likely N-dealkylation sites (tertiary alicyclic amines) is 1. The fourth-order valence-corrected chi connectivity index (χ4v) is 2.56. The van der Waals surface area contributed by atoms with E-state index in [1.54, 1.807) is 41.5 Å². The molecule has 1 rings (SSSR count). The summed E-state index contributed by atoms with van der Waals surface area (Å²) in [6.45, 7) is 12.6. The van der Waals surface area contributed by atoms with Crippen LogP contribution in [0.1, 0.15) is 54.9 Å². The van der Waals surface area contributed by atoms with Gasteiger partial charge in [0.25, 0.3) is 0 Å². The summed E-state index contributed by atoms with van der Waals surface area (Å²) < 4.78 is 10.8. The Morgan fingerprint density at radius 1 is 1.09 bits per heavy atom. The van der Waals surface area contributed by atoms with Crippen molar-refractivity contribution < 1.29 is 24.2 Å². The van der Waals surface area contributed by atoms with Crippen molar-refractivity contribution in [3.05, 3.63) is 0 Å². The maximum absolute atomic E-state index is 12.5. The van der Waals surface area contributed by atoms with Gasteiger partial charge in [-0.2, -0.15) is 0 Å². The molecule has 1 heterocycles. The maximum Gasteiger partial charge on any atom is 0.411 e. The summed E-state index contributed by atoms with van der Waals surface area (Å²) in [4.78, 5) is 26.1. The molecule has 0 radical (unpaired) electrons. The minimum absolute atomic E-state index is 0.0807. The second-order valence-corrected chi connectivity index (χ2v) is 7.75. The Morgan fingerprint density at radius 3 is 2.00 bits per heavy atom. The summed E-state index contributed by atoms with van der Waals surface area (Å²) in [7, 11) is 0. The molecule has 0 aliphatic carbocycles. The third-order valence-electron chi connectivity index (χ3n) is 3.37. The summed E-state index contributed by atoms with van der Waals surface area (Å²) in [5.74, 6) is -0.843. The van der Waals surface area contributed by atoms with Crippen molar-refractivity contribution in [3.8, 4) is 0 Å². The van der Waals surface area contributed by atoms with Crippen LogP contribution in [0.5, 0.6) is 0 Å². The Morgan fingerprint density at radius 2 is 1.59 bits per heavy atom. The van der Waals surface area contributed by atoms with Crippen molar-refractivity contribution in [2.24, 2.45) is 5.92 Å². The molecule has 6 heteroatoms. The fraction of sp³-hybridized carbons (Fsp3) is 0.875. The van der Waals surface area contributed by atoms with Crippen LogP contribution >= 0.6 is 0 Å². The minimum atomic E-state index is -0.811. The molecule has 1 amide bonds. The average Bonchev–Trinajstić information content (AvgIpc) is 2.61. The Kier molecular flexibility index (Phi) is 5.49. The van der Waals surface area contributed by atoms with Gasteiger partial charge in [-0.05, 0) is 48.0 Å². The molecule has 3 atom stereocenters. The van der Waals surface area contributed by atoms with Crippen LogP contribution in [0.3, 0.4) is 0 Å². The summed E-state index contributed by atoms with van der Waals surface area (Å²) in [5.41, 5.74) is -1.31. The first kappa shape index (κ1) is 18.7. The zero-order valence-corrected chi connectivity index (χ0v) is 14.7. The van der Waals surface area contributed by atoms with Crippen molar-refractivity contribution >= 4 is 12.1 Å². The van der Waals surface area contributed by atoms with Crippen molar-refractivity contribution in [2.75, 3.05) is 6.54 Å². The van der Waals surface area contributed by atoms with E-state index in [1.807, 2.05) is 6.92 Å². The number of carbonyl (C=O) groups excluding carboxylic acids is 2. The fourth-order valence-electron chi connectivity index (χ4n) is 2.56. The van der Waals surface area contributed by atoms with Crippen LogP contribution in [-0.4, -0.2) is 52.0 Å². The highest BCUT2D eigenvalue weighted by molar-refractivity contribution is 5.83. The molecule has 0 unspecified atom stereocenters. The summed E-state index contributed by atoms with van der Waals surface area (Å²) in [6, 6.07) is -0.811. The first-order valence-corrected chi connectivity index (χ1v) is 7.76. The lowest BCUT2D eigenvalue weighted by Crippen LogP contribution is -2.47. The largest absolute Gasteiger partial charge is 0.458 e.